The molecule has 2 aliphatic heterocycles. The first-order valence-corrected chi connectivity index (χ1v) is 10.3. The first kappa shape index (κ1) is 22.5. The highest BCUT2D eigenvalue weighted by molar-refractivity contribution is 5.73. The predicted molar refractivity (Wildman–Crippen MR) is 109 cm³/mol. The van der Waals surface area contributed by atoms with Crippen molar-refractivity contribution in [1.82, 2.24) is 4.90 Å². The van der Waals surface area contributed by atoms with E-state index in [1.807, 2.05) is 0 Å². The maximum absolute atomic E-state index is 12.0. The number of benzene rings is 1. The van der Waals surface area contributed by atoms with Crippen LogP contribution in [0.5, 0.6) is 23.0 Å². The lowest BCUT2D eigenvalue weighted by atomic mass is 9.78. The van der Waals surface area contributed by atoms with Crippen molar-refractivity contribution in [3.05, 3.63) is 11.1 Å². The van der Waals surface area contributed by atoms with Crippen LogP contribution in [0.2, 0.25) is 0 Å². The molecule has 0 aliphatic carbocycles. The van der Waals surface area contributed by atoms with E-state index in [2.05, 4.69) is 18.7 Å². The number of esters is 1. The number of fused-ring (bicyclic) bond motifs is 3. The number of phenolic OH excluding ortho intramolecular Hbond substituents is 2. The molecule has 0 saturated carbocycles. The van der Waals surface area contributed by atoms with Gasteiger partial charge in [0.15, 0.2) is 11.5 Å². The Kier molecular flexibility index (Phi) is 6.64. The minimum absolute atomic E-state index is 0.0444. The van der Waals surface area contributed by atoms with Gasteiger partial charge in [-0.1, -0.05) is 13.8 Å². The summed E-state index contributed by atoms with van der Waals surface area (Å²) in [6, 6.07) is -0.282. The smallest absolute Gasteiger partial charge is 0.350 e. The predicted octanol–water partition coefficient (Wildman–Crippen LogP) is 1.27. The third-order valence-electron chi connectivity index (χ3n) is 6.07. The summed E-state index contributed by atoms with van der Waals surface area (Å²) in [7, 11) is 2.81. The second kappa shape index (κ2) is 8.87. The van der Waals surface area contributed by atoms with Crippen molar-refractivity contribution >= 4 is 5.97 Å². The Balaban J connectivity index is 2.01. The van der Waals surface area contributed by atoms with Crippen LogP contribution in [0.1, 0.15) is 43.9 Å². The fraction of sp³-hybridized carbons (Fsp3) is 0.667. The summed E-state index contributed by atoms with van der Waals surface area (Å²) >= 11 is 0. The number of aliphatic hydroxyl groups excluding tert-OH is 1. The third-order valence-corrected chi connectivity index (χ3v) is 6.07. The lowest BCUT2D eigenvalue weighted by Crippen LogP contribution is -2.50. The van der Waals surface area contributed by atoms with Crippen LogP contribution in [0.4, 0.5) is 0 Å². The number of carbonyl (C=O) groups is 1. The Morgan fingerprint density at radius 2 is 1.83 bits per heavy atom. The number of hydrogen-bond acceptors (Lipinski definition) is 9. The molecule has 0 aromatic heterocycles. The molecule has 0 radical (unpaired) electrons. The number of aliphatic hydroxyl groups is 1. The standard InChI is InChI=1S/C21H32N2O7/c1-10(2)7-11-9-23-6-5-12-15(13(23)8-14(11)30-21(27)20(22)26)17(25)19(29-4)18(28-3)16(12)24/h10-11,13-14,20,24-26H,5-9,22H2,1-4H3. The summed E-state index contributed by atoms with van der Waals surface area (Å²) < 4.78 is 16.1. The van der Waals surface area contributed by atoms with E-state index in [4.69, 9.17) is 19.9 Å². The molecule has 1 saturated heterocycles. The van der Waals surface area contributed by atoms with Gasteiger partial charge < -0.3 is 29.5 Å². The molecule has 2 heterocycles. The Labute approximate surface area is 176 Å². The van der Waals surface area contributed by atoms with Gasteiger partial charge in [0.25, 0.3) is 0 Å². The number of nitrogens with zero attached hydrogens (tertiary/aromatic N) is 1. The van der Waals surface area contributed by atoms with Crippen LogP contribution in [0.15, 0.2) is 0 Å². The zero-order valence-electron chi connectivity index (χ0n) is 17.9. The molecule has 0 amide bonds. The highest BCUT2D eigenvalue weighted by atomic mass is 16.6. The van der Waals surface area contributed by atoms with E-state index >= 15 is 0 Å². The molecule has 0 bridgehead atoms. The fourth-order valence-electron chi connectivity index (χ4n) is 4.84. The van der Waals surface area contributed by atoms with Gasteiger partial charge >= 0.3 is 5.97 Å². The molecule has 30 heavy (non-hydrogen) atoms. The van der Waals surface area contributed by atoms with Gasteiger partial charge in [0.05, 0.1) is 14.2 Å². The van der Waals surface area contributed by atoms with Crippen molar-refractivity contribution in [1.29, 1.82) is 0 Å². The van der Waals surface area contributed by atoms with E-state index in [0.717, 1.165) is 6.42 Å². The maximum atomic E-state index is 12.0. The molecular formula is C21H32N2O7. The van der Waals surface area contributed by atoms with Gasteiger partial charge in [-0.25, -0.2) is 4.79 Å². The maximum Gasteiger partial charge on any atom is 0.350 e. The van der Waals surface area contributed by atoms with Gasteiger partial charge in [0.1, 0.15) is 6.10 Å². The summed E-state index contributed by atoms with van der Waals surface area (Å²) in [6.07, 6.45) is -0.363. The van der Waals surface area contributed by atoms with Gasteiger partial charge in [-0.3, -0.25) is 10.6 Å². The Morgan fingerprint density at radius 1 is 1.20 bits per heavy atom. The van der Waals surface area contributed by atoms with Crippen LogP contribution < -0.4 is 15.2 Å². The molecule has 0 spiro atoms. The molecule has 9 nitrogen and oxygen atoms in total. The van der Waals surface area contributed by atoms with Crippen molar-refractivity contribution in [2.24, 2.45) is 17.6 Å². The summed E-state index contributed by atoms with van der Waals surface area (Å²) in [5.41, 5.74) is 6.46. The Bertz CT molecular complexity index is 796. The molecule has 168 valence electrons. The van der Waals surface area contributed by atoms with Gasteiger partial charge in [0, 0.05) is 42.6 Å². The van der Waals surface area contributed by atoms with E-state index in [1.54, 1.807) is 0 Å². The molecule has 1 aromatic rings. The zero-order chi connectivity index (χ0) is 22.2. The number of nitrogens with two attached hydrogens (primary N) is 1. The number of ether oxygens (including phenoxy) is 3. The van der Waals surface area contributed by atoms with Gasteiger partial charge in [-0.15, -0.1) is 0 Å². The molecule has 9 heteroatoms. The van der Waals surface area contributed by atoms with Crippen molar-refractivity contribution < 1.29 is 34.3 Å². The van der Waals surface area contributed by atoms with Crippen LogP contribution in [-0.2, 0) is 16.0 Å². The van der Waals surface area contributed by atoms with E-state index in [-0.39, 0.29) is 35.0 Å². The second-order valence-electron chi connectivity index (χ2n) is 8.46. The minimum Gasteiger partial charge on any atom is -0.504 e. The second-order valence-corrected chi connectivity index (χ2v) is 8.46. The average molecular weight is 424 g/mol. The summed E-state index contributed by atoms with van der Waals surface area (Å²) in [5.74, 6) is -0.343. The number of phenols is 2. The van der Waals surface area contributed by atoms with Crippen LogP contribution >= 0.6 is 0 Å². The van der Waals surface area contributed by atoms with Gasteiger partial charge in [-0.2, -0.15) is 0 Å². The lowest BCUT2D eigenvalue weighted by Gasteiger charge is -2.47. The molecule has 1 fully saturated rings. The van der Waals surface area contributed by atoms with Crippen LogP contribution in [0.25, 0.3) is 0 Å². The quantitative estimate of drug-likeness (QED) is 0.302. The summed E-state index contributed by atoms with van der Waals surface area (Å²) in [4.78, 5) is 14.3. The van der Waals surface area contributed by atoms with Crippen molar-refractivity contribution in [3.8, 4) is 23.0 Å². The zero-order valence-corrected chi connectivity index (χ0v) is 17.9. The van der Waals surface area contributed by atoms with E-state index in [9.17, 15) is 20.1 Å². The van der Waals surface area contributed by atoms with Crippen LogP contribution in [0.3, 0.4) is 0 Å². The monoisotopic (exact) mass is 424 g/mol. The average Bonchev–Trinajstić information content (AvgIpc) is 2.69. The summed E-state index contributed by atoms with van der Waals surface area (Å²) in [5, 5.41) is 31.1. The Morgan fingerprint density at radius 3 is 2.40 bits per heavy atom. The molecule has 1 aromatic carbocycles. The first-order valence-electron chi connectivity index (χ1n) is 10.3. The number of rotatable bonds is 6. The highest BCUT2D eigenvalue weighted by Crippen LogP contribution is 2.54. The molecule has 4 unspecified atom stereocenters. The van der Waals surface area contributed by atoms with Crippen LogP contribution in [0, 0.1) is 11.8 Å². The van der Waals surface area contributed by atoms with Crippen molar-refractivity contribution in [3.63, 3.8) is 0 Å². The van der Waals surface area contributed by atoms with Crippen molar-refractivity contribution in [2.75, 3.05) is 27.3 Å². The fourth-order valence-corrected chi connectivity index (χ4v) is 4.84. The van der Waals surface area contributed by atoms with Gasteiger partial charge in [0.2, 0.25) is 17.7 Å². The van der Waals surface area contributed by atoms with Crippen LogP contribution in [-0.4, -0.2) is 65.8 Å². The van der Waals surface area contributed by atoms with E-state index < -0.39 is 18.3 Å². The normalized spacial score (nSPS) is 24.7. The molecule has 5 N–H and O–H groups in total. The minimum atomic E-state index is -1.69. The number of methoxy groups -OCH3 is 2. The lowest BCUT2D eigenvalue weighted by molar-refractivity contribution is -0.167. The topological polar surface area (TPSA) is 135 Å². The SMILES string of the molecule is COc1c(O)c2c(c(O)c1OC)C1CC(OC(=O)C(N)O)C(CC(C)C)CN1CC2. The molecule has 2 aliphatic rings. The van der Waals surface area contributed by atoms with Gasteiger partial charge in [-0.05, 0) is 18.8 Å². The summed E-state index contributed by atoms with van der Waals surface area (Å²) in [6.45, 7) is 5.56. The van der Waals surface area contributed by atoms with E-state index in [0.29, 0.717) is 43.0 Å². The van der Waals surface area contributed by atoms with Crippen molar-refractivity contribution in [2.45, 2.75) is 51.5 Å². The molecular weight excluding hydrogens is 392 g/mol. The largest absolute Gasteiger partial charge is 0.504 e. The van der Waals surface area contributed by atoms with E-state index in [1.165, 1.54) is 14.2 Å². The molecule has 3 rings (SSSR count). The Hall–Kier alpha value is -2.23. The highest BCUT2D eigenvalue weighted by Gasteiger charge is 2.44. The number of aromatic hydroxyl groups is 2. The number of hydrogen-bond donors (Lipinski definition) is 4. The number of carbonyl (C=O) groups excluding carboxylic acids is 1. The first-order chi connectivity index (χ1) is 14.2. The third kappa shape index (κ3) is 4.01. The molecule has 4 atom stereocenters. The number of piperidine rings is 1.